The van der Waals surface area contributed by atoms with Crippen molar-refractivity contribution in [1.82, 2.24) is 0 Å². The van der Waals surface area contributed by atoms with Gasteiger partial charge in [-0.3, -0.25) is 0 Å². The summed E-state index contributed by atoms with van der Waals surface area (Å²) in [5.41, 5.74) is 1.67. The van der Waals surface area contributed by atoms with E-state index in [1.165, 1.54) is 0 Å². The third kappa shape index (κ3) is 2.60. The number of rotatable bonds is 4. The van der Waals surface area contributed by atoms with E-state index < -0.39 is 0 Å². The van der Waals surface area contributed by atoms with Crippen LogP contribution in [0.5, 0.6) is 5.75 Å². The van der Waals surface area contributed by atoms with Crippen molar-refractivity contribution in [3.05, 3.63) is 42.0 Å². The summed E-state index contributed by atoms with van der Waals surface area (Å²) in [7, 11) is 0. The maximum absolute atomic E-state index is 8.97. The minimum atomic E-state index is 0.257. The van der Waals surface area contributed by atoms with Crippen LogP contribution >= 0.6 is 0 Å². The molecule has 0 radical (unpaired) electrons. The van der Waals surface area contributed by atoms with Crippen LogP contribution in [0, 0.1) is 11.3 Å². The molecule has 0 saturated heterocycles. The first-order valence-corrected chi connectivity index (χ1v) is 5.02. The smallest absolute Gasteiger partial charge is 0.137 e. The van der Waals surface area contributed by atoms with Crippen molar-refractivity contribution in [1.29, 1.82) is 5.26 Å². The van der Waals surface area contributed by atoms with Crippen molar-refractivity contribution in [3.8, 4) is 11.8 Å². The summed E-state index contributed by atoms with van der Waals surface area (Å²) in [5, 5.41) is 8.97. The first kappa shape index (κ1) is 11.3. The van der Waals surface area contributed by atoms with Crippen LogP contribution in [-0.2, 0) is 0 Å². The molecule has 0 aliphatic rings. The minimum absolute atomic E-state index is 0.257. The van der Waals surface area contributed by atoms with Crippen LogP contribution in [0.15, 0.2) is 30.9 Å². The van der Waals surface area contributed by atoms with E-state index in [1.807, 2.05) is 38.1 Å². The molecule has 1 aromatic carbocycles. The lowest BCUT2D eigenvalue weighted by molar-refractivity contribution is 0.339. The zero-order chi connectivity index (χ0) is 11.3. The average molecular weight is 201 g/mol. The van der Waals surface area contributed by atoms with E-state index in [1.54, 1.807) is 0 Å². The van der Waals surface area contributed by atoms with Gasteiger partial charge in [-0.05, 0) is 30.5 Å². The highest BCUT2D eigenvalue weighted by molar-refractivity contribution is 5.46. The lowest BCUT2D eigenvalue weighted by Gasteiger charge is -2.10. The zero-order valence-electron chi connectivity index (χ0n) is 9.16. The highest BCUT2D eigenvalue weighted by Crippen LogP contribution is 2.24. The second kappa shape index (κ2) is 5.21. The number of hydrogen-bond acceptors (Lipinski definition) is 2. The highest BCUT2D eigenvalue weighted by Gasteiger charge is 2.07. The summed E-state index contributed by atoms with van der Waals surface area (Å²) in [6.07, 6.45) is 1.86. The van der Waals surface area contributed by atoms with Gasteiger partial charge in [0.25, 0.3) is 0 Å². The number of nitrogens with zero attached hydrogens (tertiary/aromatic N) is 1. The van der Waals surface area contributed by atoms with Gasteiger partial charge in [-0.25, -0.2) is 0 Å². The van der Waals surface area contributed by atoms with Crippen molar-refractivity contribution in [2.45, 2.75) is 19.8 Å². The minimum Gasteiger partial charge on any atom is -0.492 e. The maximum atomic E-state index is 8.97. The highest BCUT2D eigenvalue weighted by atomic mass is 16.5. The largest absolute Gasteiger partial charge is 0.492 e. The molecule has 0 saturated carbocycles. The van der Waals surface area contributed by atoms with Crippen molar-refractivity contribution >= 4 is 0 Å². The molecule has 1 unspecified atom stereocenters. The predicted octanol–water partition coefficient (Wildman–Crippen LogP) is 3.25. The summed E-state index contributed by atoms with van der Waals surface area (Å²) in [4.78, 5) is 0. The Hall–Kier alpha value is -1.75. The molecule has 0 N–H and O–H groups in total. The Bertz CT molecular complexity index is 390. The molecule has 0 aliphatic heterocycles. The van der Waals surface area contributed by atoms with Gasteiger partial charge >= 0.3 is 0 Å². The predicted molar refractivity (Wildman–Crippen MR) is 60.9 cm³/mol. The molecule has 0 aromatic heterocycles. The molecule has 1 rings (SSSR count). The molecule has 0 fully saturated rings. The summed E-state index contributed by atoms with van der Waals surface area (Å²) in [5.74, 6) is 0.910. The zero-order valence-corrected chi connectivity index (χ0v) is 9.16. The average Bonchev–Trinajstić information content (AvgIpc) is 2.29. The van der Waals surface area contributed by atoms with Crippen molar-refractivity contribution < 1.29 is 4.74 Å². The van der Waals surface area contributed by atoms with Gasteiger partial charge < -0.3 is 4.74 Å². The SMILES string of the molecule is C=CC(C)c1ccc(OCC)c(C#N)c1. The van der Waals surface area contributed by atoms with Crippen LogP contribution in [-0.4, -0.2) is 6.61 Å². The fourth-order valence-corrected chi connectivity index (χ4v) is 1.34. The Balaban J connectivity index is 3.08. The Morgan fingerprint density at radius 3 is 2.87 bits per heavy atom. The Labute approximate surface area is 90.8 Å². The lowest BCUT2D eigenvalue weighted by atomic mass is 9.99. The van der Waals surface area contributed by atoms with Crippen LogP contribution in [0.2, 0.25) is 0 Å². The van der Waals surface area contributed by atoms with Gasteiger partial charge in [0.05, 0.1) is 12.2 Å². The molecule has 0 heterocycles. The Kier molecular flexibility index (Phi) is 3.93. The normalized spacial score (nSPS) is 11.5. The molecule has 0 amide bonds. The molecule has 0 spiro atoms. The summed E-state index contributed by atoms with van der Waals surface area (Å²) in [6.45, 7) is 8.26. The topological polar surface area (TPSA) is 33.0 Å². The molecule has 1 atom stereocenters. The monoisotopic (exact) mass is 201 g/mol. The van der Waals surface area contributed by atoms with Crippen molar-refractivity contribution in [2.75, 3.05) is 6.61 Å². The van der Waals surface area contributed by atoms with E-state index in [0.717, 1.165) is 5.56 Å². The van der Waals surface area contributed by atoms with E-state index in [2.05, 4.69) is 12.6 Å². The lowest BCUT2D eigenvalue weighted by Crippen LogP contribution is -1.96. The van der Waals surface area contributed by atoms with E-state index >= 15 is 0 Å². The second-order valence-electron chi connectivity index (χ2n) is 3.32. The molecule has 78 valence electrons. The van der Waals surface area contributed by atoms with Crippen molar-refractivity contribution in [2.24, 2.45) is 0 Å². The summed E-state index contributed by atoms with van der Waals surface area (Å²) in [6, 6.07) is 7.81. The molecule has 0 aliphatic carbocycles. The molecule has 0 bridgehead atoms. The summed E-state index contributed by atoms with van der Waals surface area (Å²) >= 11 is 0. The van der Waals surface area contributed by atoms with Gasteiger partial charge in [0.15, 0.2) is 0 Å². The first-order chi connectivity index (χ1) is 7.22. The van der Waals surface area contributed by atoms with Gasteiger partial charge in [-0.1, -0.05) is 19.1 Å². The van der Waals surface area contributed by atoms with Gasteiger partial charge in [0.2, 0.25) is 0 Å². The van der Waals surface area contributed by atoms with Crippen LogP contribution < -0.4 is 4.74 Å². The Morgan fingerprint density at radius 2 is 2.33 bits per heavy atom. The van der Waals surface area contributed by atoms with Crippen LogP contribution in [0.3, 0.4) is 0 Å². The van der Waals surface area contributed by atoms with E-state index in [0.29, 0.717) is 17.9 Å². The molecule has 2 nitrogen and oxygen atoms in total. The molecule has 2 heteroatoms. The number of benzene rings is 1. The van der Waals surface area contributed by atoms with E-state index in [4.69, 9.17) is 10.00 Å². The number of ether oxygens (including phenoxy) is 1. The van der Waals surface area contributed by atoms with E-state index in [9.17, 15) is 0 Å². The molecular formula is C13H15NO. The second-order valence-corrected chi connectivity index (χ2v) is 3.32. The first-order valence-electron chi connectivity index (χ1n) is 5.02. The standard InChI is InChI=1S/C13H15NO/c1-4-10(3)11-6-7-13(15-5-2)12(8-11)9-14/h4,6-8,10H,1,5H2,2-3H3. The van der Waals surface area contributed by atoms with Gasteiger partial charge in [0.1, 0.15) is 11.8 Å². The van der Waals surface area contributed by atoms with E-state index in [-0.39, 0.29) is 5.92 Å². The maximum Gasteiger partial charge on any atom is 0.137 e. The third-order valence-electron chi connectivity index (χ3n) is 2.30. The molecule has 1 aromatic rings. The van der Waals surface area contributed by atoms with Gasteiger partial charge in [-0.15, -0.1) is 6.58 Å². The summed E-state index contributed by atoms with van der Waals surface area (Å²) < 4.78 is 5.35. The van der Waals surface area contributed by atoms with Gasteiger partial charge in [-0.2, -0.15) is 5.26 Å². The third-order valence-corrected chi connectivity index (χ3v) is 2.30. The van der Waals surface area contributed by atoms with Crippen LogP contribution in [0.4, 0.5) is 0 Å². The molecular weight excluding hydrogens is 186 g/mol. The van der Waals surface area contributed by atoms with Crippen molar-refractivity contribution in [3.63, 3.8) is 0 Å². The number of nitriles is 1. The van der Waals surface area contributed by atoms with Crippen LogP contribution in [0.1, 0.15) is 30.9 Å². The fourth-order valence-electron chi connectivity index (χ4n) is 1.34. The fraction of sp³-hybridized carbons (Fsp3) is 0.308. The quantitative estimate of drug-likeness (QED) is 0.700. The molecule has 15 heavy (non-hydrogen) atoms. The number of hydrogen-bond donors (Lipinski definition) is 0. The van der Waals surface area contributed by atoms with Gasteiger partial charge in [0, 0.05) is 0 Å². The number of allylic oxidation sites excluding steroid dienone is 1. The van der Waals surface area contributed by atoms with Crippen LogP contribution in [0.25, 0.3) is 0 Å². The Morgan fingerprint density at radius 1 is 1.60 bits per heavy atom.